The molecule has 12 aromatic rings. The summed E-state index contributed by atoms with van der Waals surface area (Å²) in [5.74, 6) is 3.77. The van der Waals surface area contributed by atoms with Gasteiger partial charge < -0.3 is 46.4 Å². The number of rotatable bonds is 16. The summed E-state index contributed by atoms with van der Waals surface area (Å²) in [7, 11) is 0. The van der Waals surface area contributed by atoms with Gasteiger partial charge in [0.05, 0.1) is 35.3 Å². The van der Waals surface area contributed by atoms with E-state index in [1.165, 1.54) is 54.3 Å². The summed E-state index contributed by atoms with van der Waals surface area (Å²) in [6.45, 7) is 13.0. The van der Waals surface area contributed by atoms with Crippen molar-refractivity contribution < 1.29 is 25.2 Å². The Morgan fingerprint density at radius 3 is 0.893 bits per heavy atom. The topological polar surface area (TPSA) is 203 Å². The number of hydrogen-bond acceptors (Lipinski definition) is 18. The summed E-state index contributed by atoms with van der Waals surface area (Å²) < 4.78 is 10.1. The first-order valence-electron chi connectivity index (χ1n) is 34.8. The summed E-state index contributed by atoms with van der Waals surface area (Å²) in [5, 5.41) is 59.3. The molecule has 17 nitrogen and oxygen atoms in total. The number of thioether (sulfide) groups is 1. The lowest BCUT2D eigenvalue weighted by Gasteiger charge is -2.27. The maximum atomic E-state index is 10.3. The highest BCUT2D eigenvalue weighted by molar-refractivity contribution is 14.1. The van der Waals surface area contributed by atoms with Crippen LogP contribution in [0.1, 0.15) is 54.4 Å². The molecular weight excluding hydrogens is 1760 g/mol. The molecule has 8 N–H and O–H groups in total. The number of likely N-dealkylation sites (tertiary alicyclic amines) is 2. The third-order valence-electron chi connectivity index (χ3n) is 18.7. The number of morpholine rings is 1. The van der Waals surface area contributed by atoms with Crippen molar-refractivity contribution in [2.75, 3.05) is 98.3 Å². The van der Waals surface area contributed by atoms with Crippen LogP contribution in [-0.2, 0) is 30.9 Å². The Balaban J connectivity index is 0.000000122. The third-order valence-corrected chi connectivity index (χ3v) is 22.3. The fourth-order valence-electron chi connectivity index (χ4n) is 13.2. The Morgan fingerprint density at radius 1 is 0.320 bits per heavy atom. The molecule has 103 heavy (non-hydrogen) atoms. The molecule has 4 aromatic heterocycles. The summed E-state index contributed by atoms with van der Waals surface area (Å²) in [6.07, 6.45) is 13.6. The van der Waals surface area contributed by atoms with E-state index in [9.17, 15) is 20.4 Å². The zero-order valence-corrected chi connectivity index (χ0v) is 66.5. The Hall–Kier alpha value is -7.13. The number of hydrogen-bond donors (Lipinski definition) is 8. The van der Waals surface area contributed by atoms with E-state index in [1.807, 2.05) is 97.2 Å². The second-order valence-electron chi connectivity index (χ2n) is 26.1. The van der Waals surface area contributed by atoms with Crippen molar-refractivity contribution in [3.63, 3.8) is 0 Å². The quantitative estimate of drug-likeness (QED) is 0.0335. The molecule has 4 saturated heterocycles. The molecule has 0 spiro atoms. The number of anilines is 8. The van der Waals surface area contributed by atoms with Crippen molar-refractivity contribution in [2.24, 2.45) is 0 Å². The van der Waals surface area contributed by atoms with Gasteiger partial charge in [-0.1, -0.05) is 6.42 Å². The van der Waals surface area contributed by atoms with E-state index in [0.29, 0.717) is 23.0 Å². The van der Waals surface area contributed by atoms with Gasteiger partial charge in [0.15, 0.2) is 0 Å². The molecule has 0 saturated carbocycles. The van der Waals surface area contributed by atoms with Crippen LogP contribution >= 0.6 is 102 Å². The number of phenolic OH excluding ortho intramolecular Hbond substituents is 4. The Kier molecular flexibility index (Phi) is 26.1. The van der Waals surface area contributed by atoms with Crippen LogP contribution < -0.4 is 21.3 Å². The summed E-state index contributed by atoms with van der Waals surface area (Å²) >= 11 is 11.2. The monoisotopic (exact) mass is 1840 g/mol. The highest BCUT2D eigenvalue weighted by Crippen LogP contribution is 2.36. The zero-order valence-electron chi connectivity index (χ0n) is 57.0. The molecule has 0 atom stereocenters. The molecule has 22 heteroatoms. The number of piperidine rings is 1. The lowest BCUT2D eigenvalue weighted by Crippen LogP contribution is -2.35. The van der Waals surface area contributed by atoms with Gasteiger partial charge in [-0.25, -0.2) is 0 Å². The van der Waals surface area contributed by atoms with Crippen LogP contribution in [0.15, 0.2) is 195 Å². The van der Waals surface area contributed by atoms with Gasteiger partial charge in [0.1, 0.15) is 23.0 Å². The van der Waals surface area contributed by atoms with Crippen molar-refractivity contribution in [2.45, 2.75) is 58.3 Å². The third kappa shape index (κ3) is 20.5. The standard InChI is InChI=1S/C21H22IN3O.C20H20IN3O2.C20H20IN3OS.C20H20IN3O/c22-16-4-6-18-19(8-9-23-20(18)13-16)24-17-5-7-21(26)15(12-17)14-25-10-2-1-3-11-25;2*21-15-1-3-17-18(5-6-22-19(17)12-15)23-16-2-4-20(25)14(11-16)13-24-7-9-26-10-8-24;21-15-3-5-17-18(7-8-22-19(17)12-15)23-16-4-6-20(25)14(11-16)13-24-9-1-2-10-24/h4-9,12-13,26H,1-3,10-11,14H2,(H,23,24);2*1-6,11-12,25H,7-10,13H2,(H,22,23);3-8,11-12,25H,1-2,9-10,13H2,(H,22,23). The Labute approximate surface area is 660 Å². The number of phenols is 4. The molecule has 4 aliphatic heterocycles. The van der Waals surface area contributed by atoms with E-state index in [0.717, 1.165) is 207 Å². The number of pyridine rings is 4. The molecule has 8 heterocycles. The van der Waals surface area contributed by atoms with Crippen molar-refractivity contribution in [1.29, 1.82) is 0 Å². The van der Waals surface area contributed by atoms with Crippen LogP contribution in [0.25, 0.3) is 43.6 Å². The summed E-state index contributed by atoms with van der Waals surface area (Å²) in [4.78, 5) is 27.3. The molecule has 4 aliphatic rings. The Morgan fingerprint density at radius 2 is 0.592 bits per heavy atom. The highest BCUT2D eigenvalue weighted by Gasteiger charge is 2.19. The smallest absolute Gasteiger partial charge is 0.120 e. The van der Waals surface area contributed by atoms with Crippen molar-refractivity contribution in [3.8, 4) is 23.0 Å². The Bertz CT molecular complexity index is 4540. The molecule has 530 valence electrons. The lowest BCUT2D eigenvalue weighted by atomic mass is 10.1. The number of nitrogens with one attached hydrogen (secondary N) is 4. The minimum Gasteiger partial charge on any atom is -0.508 e. The lowest BCUT2D eigenvalue weighted by molar-refractivity contribution is 0.0339. The van der Waals surface area contributed by atoms with Gasteiger partial charge in [-0.3, -0.25) is 39.5 Å². The number of ether oxygens (including phenoxy) is 1. The van der Waals surface area contributed by atoms with Crippen LogP contribution in [0.2, 0.25) is 0 Å². The first-order valence-corrected chi connectivity index (χ1v) is 40.3. The molecule has 0 bridgehead atoms. The first-order chi connectivity index (χ1) is 50.2. The number of aromatic nitrogens is 4. The second-order valence-corrected chi connectivity index (χ2v) is 32.3. The molecule has 0 amide bonds. The molecule has 4 fully saturated rings. The van der Waals surface area contributed by atoms with E-state index in [2.05, 4.69) is 236 Å². The van der Waals surface area contributed by atoms with Crippen LogP contribution in [0.3, 0.4) is 0 Å². The number of fused-ring (bicyclic) bond motifs is 4. The van der Waals surface area contributed by atoms with Gasteiger partial charge in [-0.05, 0) is 312 Å². The fraction of sp³-hybridized carbons (Fsp3) is 0.259. The van der Waals surface area contributed by atoms with Crippen molar-refractivity contribution in [3.05, 3.63) is 231 Å². The zero-order chi connectivity index (χ0) is 71.0. The molecule has 0 radical (unpaired) electrons. The van der Waals surface area contributed by atoms with Gasteiger partial charge in [0, 0.05) is 192 Å². The largest absolute Gasteiger partial charge is 0.508 e. The van der Waals surface area contributed by atoms with Gasteiger partial charge in [0.25, 0.3) is 0 Å². The predicted octanol–water partition coefficient (Wildman–Crippen LogP) is 19.1. The van der Waals surface area contributed by atoms with E-state index >= 15 is 0 Å². The van der Waals surface area contributed by atoms with E-state index in [1.54, 1.807) is 24.3 Å². The average molecular weight is 1840 g/mol. The number of benzene rings is 8. The van der Waals surface area contributed by atoms with Crippen LogP contribution in [0.4, 0.5) is 45.5 Å². The second kappa shape index (κ2) is 36.2. The molecular formula is C81H82I4N12O5S. The molecule has 0 aliphatic carbocycles. The van der Waals surface area contributed by atoms with Crippen molar-refractivity contribution >= 4 is 191 Å². The van der Waals surface area contributed by atoms with Gasteiger partial charge in [-0.15, -0.1) is 0 Å². The number of nitrogens with zero attached hydrogens (tertiary/aromatic N) is 8. The number of aromatic hydroxyl groups is 4. The minimum atomic E-state index is 0.330. The number of halogens is 4. The first kappa shape index (κ1) is 74.2. The summed E-state index contributed by atoms with van der Waals surface area (Å²) in [5.41, 5.74) is 15.7. The van der Waals surface area contributed by atoms with E-state index in [-0.39, 0.29) is 0 Å². The summed E-state index contributed by atoms with van der Waals surface area (Å²) in [6, 6.07) is 55.9. The van der Waals surface area contributed by atoms with Crippen LogP contribution in [-0.4, -0.2) is 137 Å². The van der Waals surface area contributed by atoms with E-state index < -0.39 is 0 Å². The normalized spacial score (nSPS) is 15.2. The average Bonchev–Trinajstić information content (AvgIpc) is 1.72. The van der Waals surface area contributed by atoms with Crippen molar-refractivity contribution in [1.82, 2.24) is 39.5 Å². The maximum absolute atomic E-state index is 10.3. The predicted molar refractivity (Wildman–Crippen MR) is 456 cm³/mol. The van der Waals surface area contributed by atoms with Crippen LogP contribution in [0, 0.1) is 14.3 Å². The van der Waals surface area contributed by atoms with E-state index in [4.69, 9.17) is 4.74 Å². The van der Waals surface area contributed by atoms with Gasteiger partial charge >= 0.3 is 0 Å². The maximum Gasteiger partial charge on any atom is 0.120 e. The van der Waals surface area contributed by atoms with Gasteiger partial charge in [-0.2, -0.15) is 11.8 Å². The highest BCUT2D eigenvalue weighted by atomic mass is 127. The minimum absolute atomic E-state index is 0.330. The SMILES string of the molecule is Oc1ccc(Nc2ccnc3cc(I)ccc23)cc1CN1CCCC1.Oc1ccc(Nc2ccnc3cc(I)ccc23)cc1CN1CCCCC1.Oc1ccc(Nc2ccnc3cc(I)ccc23)cc1CN1CCOCC1.Oc1ccc(Nc2ccnc3cc(I)ccc23)cc1CN1CCSCC1. The molecule has 0 unspecified atom stereocenters. The van der Waals surface area contributed by atoms with Crippen LogP contribution in [0.5, 0.6) is 23.0 Å². The molecule has 16 rings (SSSR count). The fourth-order valence-corrected chi connectivity index (χ4v) is 16.1. The van der Waals surface area contributed by atoms with Gasteiger partial charge in [0.2, 0.25) is 0 Å². The molecule has 8 aromatic carbocycles.